The Morgan fingerprint density at radius 3 is 1.99 bits per heavy atom. The quantitative estimate of drug-likeness (QED) is 0.0374. The Labute approximate surface area is 484 Å². The van der Waals surface area contributed by atoms with E-state index in [2.05, 4.69) is 10.2 Å². The number of benzene rings is 4. The zero-order valence-corrected chi connectivity index (χ0v) is 47.9. The summed E-state index contributed by atoms with van der Waals surface area (Å²) in [7, 11) is 0. The Balaban J connectivity index is 0.00000900. The van der Waals surface area contributed by atoms with Gasteiger partial charge in [-0.05, 0) is 80.8 Å². The molecule has 3 aliphatic carbocycles. The Morgan fingerprint density at radius 2 is 1.41 bits per heavy atom. The van der Waals surface area contributed by atoms with Gasteiger partial charge in [0, 0.05) is 74.0 Å². The molecule has 5 aromatic rings. The third-order valence-electron chi connectivity index (χ3n) is 17.0. The van der Waals surface area contributed by atoms with Crippen LogP contribution in [0.4, 0.5) is 10.5 Å². The van der Waals surface area contributed by atoms with Crippen molar-refractivity contribution in [3.63, 3.8) is 0 Å². The van der Waals surface area contributed by atoms with Crippen LogP contribution in [-0.4, -0.2) is 119 Å². The van der Waals surface area contributed by atoms with Gasteiger partial charge in [0.25, 0.3) is 0 Å². The van der Waals surface area contributed by atoms with Crippen molar-refractivity contribution in [1.82, 2.24) is 5.32 Å². The highest BCUT2D eigenvalue weighted by Gasteiger charge is 2.78. The second-order valence-electron chi connectivity index (χ2n) is 21.9. The molecule has 20 nitrogen and oxygen atoms in total. The first-order valence-corrected chi connectivity index (χ1v) is 27.2. The molecule has 1 saturated heterocycles. The molecule has 3 N–H and O–H groups in total. The van der Waals surface area contributed by atoms with Gasteiger partial charge >= 0.3 is 41.6 Å². The summed E-state index contributed by atoms with van der Waals surface area (Å²) in [5.74, 6) is -7.63. The number of carbonyl (C=O) groups excluding carboxylic acids is 7. The normalized spacial score (nSPS) is 26.5. The molecule has 2 bridgehead atoms. The maximum Gasteiger partial charge on any atom is 0.408 e. The summed E-state index contributed by atoms with van der Waals surface area (Å²) in [4.78, 5) is 116. The van der Waals surface area contributed by atoms with Gasteiger partial charge in [0.1, 0.15) is 42.1 Å². The average molecular weight is 1160 g/mol. The van der Waals surface area contributed by atoms with E-state index < -0.39 is 131 Å². The van der Waals surface area contributed by atoms with Crippen molar-refractivity contribution in [1.29, 1.82) is 0 Å². The van der Waals surface area contributed by atoms with Gasteiger partial charge < -0.3 is 58.0 Å². The fourth-order valence-electron chi connectivity index (χ4n) is 12.7. The van der Waals surface area contributed by atoms with Gasteiger partial charge in [-0.15, -0.1) is 12.4 Å². The maximum absolute atomic E-state index is 15.9. The van der Waals surface area contributed by atoms with Crippen molar-refractivity contribution >= 4 is 70.8 Å². The van der Waals surface area contributed by atoms with Crippen LogP contribution < -0.4 is 15.8 Å². The number of Topliss-reactive ketones (excluding diaryl/α,β-unsaturated/α-hetero) is 1. The van der Waals surface area contributed by atoms with E-state index in [0.717, 1.165) is 19.5 Å². The summed E-state index contributed by atoms with van der Waals surface area (Å²) < 4.78 is 48.4. The first-order valence-electron chi connectivity index (χ1n) is 27.2. The molecule has 1 aromatic heterocycles. The summed E-state index contributed by atoms with van der Waals surface area (Å²) in [6, 6.07) is 28.3. The molecule has 11 atom stereocenters. The molecule has 2 unspecified atom stereocenters. The minimum Gasteiger partial charge on any atom is -0.455 e. The highest BCUT2D eigenvalue weighted by molar-refractivity contribution is 5.96. The van der Waals surface area contributed by atoms with Gasteiger partial charge in [-0.25, -0.2) is 24.0 Å². The second-order valence-corrected chi connectivity index (χ2v) is 21.9. The first kappa shape index (κ1) is 61.2. The number of nitrogens with one attached hydrogen (secondary N) is 1. The van der Waals surface area contributed by atoms with Crippen LogP contribution >= 0.6 is 12.4 Å². The van der Waals surface area contributed by atoms with Crippen LogP contribution in [0, 0.1) is 16.7 Å². The Morgan fingerprint density at radius 1 is 0.795 bits per heavy atom. The lowest BCUT2D eigenvalue weighted by Crippen LogP contribution is -2.82. The number of aliphatic hydroxyl groups excluding tert-OH is 1. The van der Waals surface area contributed by atoms with Gasteiger partial charge in [-0.2, -0.15) is 0 Å². The topological polar surface area (TPSA) is 270 Å². The summed E-state index contributed by atoms with van der Waals surface area (Å²) in [5.41, 5.74) is -7.36. The lowest BCUT2D eigenvalue weighted by molar-refractivity contribution is -0.346. The van der Waals surface area contributed by atoms with E-state index in [0.29, 0.717) is 24.0 Å². The summed E-state index contributed by atoms with van der Waals surface area (Å²) in [5, 5.41) is 29.5. The lowest BCUT2D eigenvalue weighted by Gasteiger charge is -2.67. The number of amides is 1. The lowest BCUT2D eigenvalue weighted by atomic mass is 9.44. The van der Waals surface area contributed by atoms with Crippen molar-refractivity contribution in [2.24, 2.45) is 16.7 Å². The number of nitrogens with zero attached hydrogens (tertiary/aromatic N) is 1. The number of ether oxygens (including phenoxy) is 7. The predicted molar refractivity (Wildman–Crippen MR) is 300 cm³/mol. The molecule has 21 heteroatoms. The number of rotatable bonds is 16. The largest absolute Gasteiger partial charge is 0.455 e. The first-order chi connectivity index (χ1) is 39.0. The molecule has 2 saturated carbocycles. The van der Waals surface area contributed by atoms with E-state index >= 15 is 9.59 Å². The van der Waals surface area contributed by atoms with Gasteiger partial charge in [-0.3, -0.25) is 14.4 Å². The second kappa shape index (κ2) is 24.1. The number of carbonyl (C=O) groups is 7. The summed E-state index contributed by atoms with van der Waals surface area (Å²) in [6.07, 6.45) is -12.3. The average Bonchev–Trinajstić information content (AvgIpc) is 0.727. The fourth-order valence-corrected chi connectivity index (χ4v) is 12.7. The van der Waals surface area contributed by atoms with Crippen molar-refractivity contribution in [3.05, 3.63) is 159 Å². The van der Waals surface area contributed by atoms with Gasteiger partial charge in [0.15, 0.2) is 17.5 Å². The van der Waals surface area contributed by atoms with Crippen LogP contribution in [0.3, 0.4) is 0 Å². The number of alkyl carbamates (subject to hydrolysis) is 1. The monoisotopic (exact) mass is 1160 g/mol. The number of hydrogen-bond acceptors (Lipinski definition) is 19. The molecular weight excluding hydrogens is 1100 g/mol. The van der Waals surface area contributed by atoms with Gasteiger partial charge in [0.05, 0.1) is 35.2 Å². The van der Waals surface area contributed by atoms with Crippen molar-refractivity contribution in [2.75, 3.05) is 24.6 Å². The molecule has 2 heterocycles. The van der Waals surface area contributed by atoms with E-state index in [9.17, 15) is 39.0 Å². The smallest absolute Gasteiger partial charge is 0.408 e. The van der Waals surface area contributed by atoms with E-state index in [1.54, 1.807) is 78.9 Å². The number of halogens is 1. The number of hydrogen-bond donors (Lipinski definition) is 3. The highest BCUT2D eigenvalue weighted by Crippen LogP contribution is 2.64. The van der Waals surface area contributed by atoms with Crippen molar-refractivity contribution < 1.29 is 81.4 Å². The van der Waals surface area contributed by atoms with Gasteiger partial charge in [-0.1, -0.05) is 80.6 Å². The number of esters is 5. The molecule has 83 heavy (non-hydrogen) atoms. The number of ketones is 1. The number of aliphatic hydroxyl groups is 2. The Hall–Kier alpha value is -7.91. The molecule has 9 rings (SSSR count). The van der Waals surface area contributed by atoms with E-state index in [-0.39, 0.29) is 58.9 Å². The Kier molecular flexibility index (Phi) is 17.8. The van der Waals surface area contributed by atoms with Crippen LogP contribution in [0.15, 0.2) is 136 Å². The third-order valence-corrected chi connectivity index (χ3v) is 17.0. The number of anilines is 1. The summed E-state index contributed by atoms with van der Waals surface area (Å²) >= 11 is 0. The standard InChI is InChI=1S/C62H66N2O18.ClH/c1-9-64(10-2)41-26-27-42-40(28-47(68)78-43(42)29-41)32-75-58(73)63-49(37-20-14-11-15-21-37)51(80-55(70)38-22-16-12-17-23-38)57(72)79-44-31-62(74)54(81-56(71)39-24-18-13-19-25-39)52-60(8,45(67)30-46-61(52,33-76-46)82-36(5)66)53(69)50(77-35(4)65)48(34(44)3)59(62,6)7;/h11-29,44-46,49-52,54,67,74H,9-10,30-33H2,1-8H3,(H,63,73);1H/t44-,45-,46+,49+,50+,51+,52?,54?,60+,61-,62+;/m0./s1. The van der Waals surface area contributed by atoms with Gasteiger partial charge in [0.2, 0.25) is 6.10 Å². The molecule has 1 aliphatic heterocycles. The van der Waals surface area contributed by atoms with Crippen molar-refractivity contribution in [3.8, 4) is 0 Å². The van der Waals surface area contributed by atoms with Crippen molar-refractivity contribution in [2.45, 2.75) is 129 Å². The molecule has 1 amide bonds. The molecule has 440 valence electrons. The zero-order valence-electron chi connectivity index (χ0n) is 47.1. The SMILES string of the molecule is CCN(CC)c1ccc2c(COC(=O)N[C@H](c3ccccc3)[C@@H](OC(=O)c3ccccc3)C(=O)O[C@H]3C[C@@]4(O)C(OC(=O)c5ccccc5)C5[C@](C)(C(=O)[C@H](OC(C)=O)C(=C3C)C4(C)C)[C@@H](O)C[C@H]3OC[C@@]53OC(C)=O)cc(=O)oc2c1.Cl. The third kappa shape index (κ3) is 11.2. The summed E-state index contributed by atoms with van der Waals surface area (Å²) in [6.45, 7) is 12.7. The highest BCUT2D eigenvalue weighted by atomic mass is 35.5. The van der Waals surface area contributed by atoms with Crippen LogP contribution in [0.1, 0.15) is 106 Å². The van der Waals surface area contributed by atoms with Crippen LogP contribution in [-0.2, 0) is 58.9 Å². The van der Waals surface area contributed by atoms with Crippen LogP contribution in [0.2, 0.25) is 0 Å². The predicted octanol–water partition coefficient (Wildman–Crippen LogP) is 7.47. The number of fused-ring (bicyclic) bond motifs is 6. The van der Waals surface area contributed by atoms with Crippen LogP contribution in [0.5, 0.6) is 0 Å². The minimum absolute atomic E-state index is 0. The molecule has 3 fully saturated rings. The molecule has 0 spiro atoms. The molecule has 0 radical (unpaired) electrons. The van der Waals surface area contributed by atoms with E-state index in [4.69, 9.17) is 37.6 Å². The van der Waals surface area contributed by atoms with E-state index in [1.807, 2.05) is 19.9 Å². The molecule has 4 aromatic carbocycles. The molecule has 4 aliphatic rings. The van der Waals surface area contributed by atoms with E-state index in [1.165, 1.54) is 58.0 Å². The minimum atomic E-state index is -2.52. The van der Waals surface area contributed by atoms with Crippen LogP contribution in [0.25, 0.3) is 11.0 Å². The fraction of sp³-hybridized carbons (Fsp3) is 0.419. The molecular formula is C62H67ClN2O18. The zero-order chi connectivity index (χ0) is 59.1. The maximum atomic E-state index is 15.9. The Bertz CT molecular complexity index is 3390.